The van der Waals surface area contributed by atoms with E-state index in [9.17, 15) is 5.11 Å². The summed E-state index contributed by atoms with van der Waals surface area (Å²) in [6, 6.07) is 16.1. The van der Waals surface area contributed by atoms with Crippen LogP contribution in [0.1, 0.15) is 11.1 Å². The molecule has 0 amide bonds. The van der Waals surface area contributed by atoms with Gasteiger partial charge in [-0.05, 0) is 44.4 Å². The van der Waals surface area contributed by atoms with Gasteiger partial charge in [0.15, 0.2) is 11.5 Å². The van der Waals surface area contributed by atoms with Gasteiger partial charge >= 0.3 is 0 Å². The monoisotopic (exact) mass is 358 g/mol. The lowest BCUT2D eigenvalue weighted by Crippen LogP contribution is -2.32. The highest BCUT2D eigenvalue weighted by Crippen LogP contribution is 2.28. The van der Waals surface area contributed by atoms with E-state index >= 15 is 0 Å². The molecule has 0 aliphatic heterocycles. The van der Waals surface area contributed by atoms with Gasteiger partial charge in [0, 0.05) is 19.6 Å². The first-order valence-corrected chi connectivity index (χ1v) is 8.83. The molecule has 0 aliphatic rings. The number of hydrogen-bond acceptors (Lipinski definition) is 5. The summed E-state index contributed by atoms with van der Waals surface area (Å²) in [7, 11) is 7.67. The van der Waals surface area contributed by atoms with E-state index in [1.807, 2.05) is 57.5 Å². The molecule has 0 aliphatic carbocycles. The maximum atomic E-state index is 10.3. The van der Waals surface area contributed by atoms with Crippen LogP contribution in [0.5, 0.6) is 11.5 Å². The first kappa shape index (κ1) is 20.2. The summed E-state index contributed by atoms with van der Waals surface area (Å²) in [4.78, 5) is 4.18. The van der Waals surface area contributed by atoms with E-state index in [1.165, 1.54) is 5.56 Å². The smallest absolute Gasteiger partial charge is 0.161 e. The number of ether oxygens (including phenoxy) is 2. The fraction of sp³-hybridized carbons (Fsp3) is 0.429. The molecule has 2 rings (SSSR count). The van der Waals surface area contributed by atoms with Crippen LogP contribution in [-0.4, -0.2) is 62.4 Å². The van der Waals surface area contributed by atoms with Crippen LogP contribution < -0.4 is 9.47 Å². The SMILES string of the molecule is COc1ccc(CN(C)C)cc1OC[C@H](O)CN(C)Cc1ccccc1. The van der Waals surface area contributed by atoms with E-state index in [4.69, 9.17) is 9.47 Å². The van der Waals surface area contributed by atoms with E-state index in [2.05, 4.69) is 21.9 Å². The van der Waals surface area contributed by atoms with Crippen LogP contribution >= 0.6 is 0 Å². The van der Waals surface area contributed by atoms with Crippen molar-refractivity contribution in [3.8, 4) is 11.5 Å². The van der Waals surface area contributed by atoms with Crippen molar-refractivity contribution in [2.75, 3.05) is 41.4 Å². The molecule has 0 heterocycles. The number of benzene rings is 2. The van der Waals surface area contributed by atoms with Gasteiger partial charge in [-0.1, -0.05) is 36.4 Å². The predicted octanol–water partition coefficient (Wildman–Crippen LogP) is 2.63. The number of aliphatic hydroxyl groups excluding tert-OH is 1. The number of rotatable bonds is 10. The predicted molar refractivity (Wildman–Crippen MR) is 105 cm³/mol. The van der Waals surface area contributed by atoms with E-state index < -0.39 is 6.10 Å². The summed E-state index contributed by atoms with van der Waals surface area (Å²) in [5, 5.41) is 10.3. The van der Waals surface area contributed by atoms with E-state index in [0.717, 1.165) is 18.7 Å². The summed E-state index contributed by atoms with van der Waals surface area (Å²) in [5.41, 5.74) is 2.36. The fourth-order valence-electron chi connectivity index (χ4n) is 2.86. The van der Waals surface area contributed by atoms with Crippen molar-refractivity contribution in [3.63, 3.8) is 0 Å². The van der Waals surface area contributed by atoms with Gasteiger partial charge in [0.2, 0.25) is 0 Å². The van der Waals surface area contributed by atoms with Gasteiger partial charge in [-0.15, -0.1) is 0 Å². The molecule has 26 heavy (non-hydrogen) atoms. The third-order valence-corrected chi connectivity index (χ3v) is 3.98. The molecule has 5 heteroatoms. The van der Waals surface area contributed by atoms with Crippen molar-refractivity contribution in [1.82, 2.24) is 9.80 Å². The largest absolute Gasteiger partial charge is 0.493 e. The second kappa shape index (κ2) is 10.2. The molecule has 2 aromatic carbocycles. The zero-order valence-electron chi connectivity index (χ0n) is 16.2. The molecule has 2 aromatic rings. The van der Waals surface area contributed by atoms with Crippen LogP contribution in [0.4, 0.5) is 0 Å². The molecule has 1 atom stereocenters. The molecule has 1 N–H and O–H groups in total. The average Bonchev–Trinajstić information content (AvgIpc) is 2.60. The normalized spacial score (nSPS) is 12.4. The third kappa shape index (κ3) is 6.67. The van der Waals surface area contributed by atoms with E-state index in [-0.39, 0.29) is 6.61 Å². The van der Waals surface area contributed by atoms with Crippen molar-refractivity contribution in [2.45, 2.75) is 19.2 Å². The number of aliphatic hydroxyl groups is 1. The Morgan fingerprint density at radius 2 is 1.65 bits per heavy atom. The van der Waals surface area contributed by atoms with Gasteiger partial charge in [-0.2, -0.15) is 0 Å². The van der Waals surface area contributed by atoms with Crippen LogP contribution in [0, 0.1) is 0 Å². The Kier molecular flexibility index (Phi) is 7.91. The Morgan fingerprint density at radius 3 is 2.31 bits per heavy atom. The van der Waals surface area contributed by atoms with Gasteiger partial charge in [-0.3, -0.25) is 4.90 Å². The van der Waals surface area contributed by atoms with Crippen LogP contribution in [0.25, 0.3) is 0 Å². The van der Waals surface area contributed by atoms with Gasteiger partial charge in [0.05, 0.1) is 7.11 Å². The van der Waals surface area contributed by atoms with E-state index in [1.54, 1.807) is 7.11 Å². The Hall–Kier alpha value is -2.08. The number of likely N-dealkylation sites (N-methyl/N-ethyl adjacent to an activating group) is 1. The van der Waals surface area contributed by atoms with Crippen molar-refractivity contribution >= 4 is 0 Å². The van der Waals surface area contributed by atoms with Crippen molar-refractivity contribution in [2.24, 2.45) is 0 Å². The van der Waals surface area contributed by atoms with Crippen LogP contribution in [-0.2, 0) is 13.1 Å². The number of nitrogens with zero attached hydrogens (tertiary/aromatic N) is 2. The van der Waals surface area contributed by atoms with E-state index in [0.29, 0.717) is 18.0 Å². The molecule has 0 aromatic heterocycles. The lowest BCUT2D eigenvalue weighted by molar-refractivity contribution is 0.0732. The molecule has 0 radical (unpaired) electrons. The summed E-state index contributed by atoms with van der Waals surface area (Å²) < 4.78 is 11.2. The highest BCUT2D eigenvalue weighted by Gasteiger charge is 2.12. The third-order valence-electron chi connectivity index (χ3n) is 3.98. The highest BCUT2D eigenvalue weighted by atomic mass is 16.5. The maximum absolute atomic E-state index is 10.3. The molecule has 142 valence electrons. The summed E-state index contributed by atoms with van der Waals surface area (Å²) in [6.07, 6.45) is -0.578. The Balaban J connectivity index is 1.88. The molecule has 0 saturated heterocycles. The fourth-order valence-corrected chi connectivity index (χ4v) is 2.86. The first-order chi connectivity index (χ1) is 12.5. The highest BCUT2D eigenvalue weighted by molar-refractivity contribution is 5.43. The molecule has 0 bridgehead atoms. The van der Waals surface area contributed by atoms with Gasteiger partial charge in [-0.25, -0.2) is 0 Å². The Morgan fingerprint density at radius 1 is 0.923 bits per heavy atom. The quantitative estimate of drug-likeness (QED) is 0.707. The number of hydrogen-bond donors (Lipinski definition) is 1. The van der Waals surface area contributed by atoms with Crippen LogP contribution in [0.15, 0.2) is 48.5 Å². The standard InChI is InChI=1S/C21H30N2O3/c1-22(2)13-18-10-11-20(25-4)21(12-18)26-16-19(24)15-23(3)14-17-8-6-5-7-9-17/h5-12,19,24H,13-16H2,1-4H3/t19-/m1/s1. The second-order valence-electron chi connectivity index (χ2n) is 6.87. The average molecular weight is 358 g/mol. The lowest BCUT2D eigenvalue weighted by atomic mass is 10.2. The first-order valence-electron chi connectivity index (χ1n) is 8.83. The molecule has 0 unspecified atom stereocenters. The minimum absolute atomic E-state index is 0.223. The minimum Gasteiger partial charge on any atom is -0.493 e. The zero-order chi connectivity index (χ0) is 18.9. The summed E-state index contributed by atoms with van der Waals surface area (Å²) >= 11 is 0. The summed E-state index contributed by atoms with van der Waals surface area (Å²) in [6.45, 7) is 2.37. The van der Waals surface area contributed by atoms with Gasteiger partial charge < -0.3 is 19.5 Å². The molecular formula is C21H30N2O3. The molecule has 0 saturated carbocycles. The molecular weight excluding hydrogens is 328 g/mol. The lowest BCUT2D eigenvalue weighted by Gasteiger charge is -2.21. The summed E-state index contributed by atoms with van der Waals surface area (Å²) in [5.74, 6) is 1.34. The topological polar surface area (TPSA) is 45.2 Å². The Bertz CT molecular complexity index is 662. The van der Waals surface area contributed by atoms with Crippen molar-refractivity contribution in [3.05, 3.63) is 59.7 Å². The second-order valence-corrected chi connectivity index (χ2v) is 6.87. The minimum atomic E-state index is -0.578. The van der Waals surface area contributed by atoms with Crippen molar-refractivity contribution < 1.29 is 14.6 Å². The zero-order valence-corrected chi connectivity index (χ0v) is 16.2. The Labute approximate surface area is 156 Å². The van der Waals surface area contributed by atoms with Gasteiger partial charge in [0.25, 0.3) is 0 Å². The van der Waals surface area contributed by atoms with Crippen molar-refractivity contribution in [1.29, 1.82) is 0 Å². The van der Waals surface area contributed by atoms with Crippen LogP contribution in [0.3, 0.4) is 0 Å². The van der Waals surface area contributed by atoms with Crippen LogP contribution in [0.2, 0.25) is 0 Å². The molecule has 0 spiro atoms. The maximum Gasteiger partial charge on any atom is 0.161 e. The van der Waals surface area contributed by atoms with Gasteiger partial charge in [0.1, 0.15) is 12.7 Å². The number of methoxy groups -OCH3 is 1. The molecule has 0 fully saturated rings. The molecule has 5 nitrogen and oxygen atoms in total.